The smallest absolute Gasteiger partial charge is 0.150 e. The van der Waals surface area contributed by atoms with Crippen LogP contribution in [0.15, 0.2) is 140 Å². The molecule has 0 radical (unpaired) electrons. The predicted molar refractivity (Wildman–Crippen MR) is 162 cm³/mol. The number of carbonyl (C=O) groups is 1. The molecule has 6 aromatic rings. The van der Waals surface area contributed by atoms with E-state index in [1.54, 1.807) is 12.3 Å². The van der Waals surface area contributed by atoms with Crippen LogP contribution in [0.25, 0.3) is 27.6 Å². The number of carbonyl (C=O) groups excluding carboxylic acids is 1. The average molecular weight is 506 g/mol. The van der Waals surface area contributed by atoms with E-state index in [0.717, 1.165) is 45.2 Å². The molecule has 39 heavy (non-hydrogen) atoms. The summed E-state index contributed by atoms with van der Waals surface area (Å²) in [7, 11) is 0. The summed E-state index contributed by atoms with van der Waals surface area (Å²) < 4.78 is 5.71. The van der Waals surface area contributed by atoms with Crippen LogP contribution in [0.4, 0.5) is 17.1 Å². The number of ether oxygens (including phenoxy) is 1. The van der Waals surface area contributed by atoms with Gasteiger partial charge in [-0.05, 0) is 81.2 Å². The molecule has 0 spiro atoms. The van der Waals surface area contributed by atoms with Gasteiger partial charge in [-0.1, -0.05) is 91.0 Å². The highest BCUT2D eigenvalue weighted by molar-refractivity contribution is 5.93. The molecule has 6 aromatic carbocycles. The first-order chi connectivity index (χ1) is 19.3. The van der Waals surface area contributed by atoms with Crippen LogP contribution in [0.5, 0.6) is 0 Å². The highest BCUT2D eigenvalue weighted by Gasteiger charge is 2.13. The molecule has 3 heteroatoms. The third-order valence-electron chi connectivity index (χ3n) is 6.89. The molecule has 0 aliphatic rings. The van der Waals surface area contributed by atoms with Crippen molar-refractivity contribution in [1.29, 1.82) is 0 Å². The third kappa shape index (κ3) is 5.29. The topological polar surface area (TPSA) is 29.5 Å². The second-order valence-electron chi connectivity index (χ2n) is 9.42. The van der Waals surface area contributed by atoms with Crippen molar-refractivity contribution in [3.63, 3.8) is 0 Å². The van der Waals surface area contributed by atoms with Crippen LogP contribution in [0.3, 0.4) is 0 Å². The summed E-state index contributed by atoms with van der Waals surface area (Å²) in [4.78, 5) is 13.5. The van der Waals surface area contributed by atoms with Crippen LogP contribution in [0, 0.1) is 0 Å². The first-order valence-corrected chi connectivity index (χ1v) is 13.0. The van der Waals surface area contributed by atoms with E-state index in [1.807, 2.05) is 30.3 Å². The van der Waals surface area contributed by atoms with Crippen molar-refractivity contribution in [1.82, 2.24) is 0 Å². The summed E-state index contributed by atoms with van der Waals surface area (Å²) in [5.41, 5.74) is 5.91. The van der Waals surface area contributed by atoms with Crippen LogP contribution < -0.4 is 4.90 Å². The number of rotatable bonds is 8. The number of para-hydroxylation sites is 1. The number of nitrogens with zero attached hydrogens (tertiary/aromatic N) is 1. The SMILES string of the molecule is O=Cc1ccccc1COC=Cc1ccc2cc(N(c3ccccc3)c3ccc4ccccc4c3)ccc2c1. The summed E-state index contributed by atoms with van der Waals surface area (Å²) in [6.07, 6.45) is 4.50. The molecule has 0 bridgehead atoms. The minimum Gasteiger partial charge on any atom is -0.496 e. The summed E-state index contributed by atoms with van der Waals surface area (Å²) in [6.45, 7) is 0.354. The van der Waals surface area contributed by atoms with E-state index in [2.05, 4.69) is 108 Å². The van der Waals surface area contributed by atoms with Crippen molar-refractivity contribution >= 4 is 51.0 Å². The van der Waals surface area contributed by atoms with Gasteiger partial charge in [-0.3, -0.25) is 4.79 Å². The summed E-state index contributed by atoms with van der Waals surface area (Å²) >= 11 is 0. The Morgan fingerprint density at radius 1 is 0.564 bits per heavy atom. The minimum absolute atomic E-state index is 0.354. The van der Waals surface area contributed by atoms with Gasteiger partial charge in [-0.15, -0.1) is 0 Å². The van der Waals surface area contributed by atoms with Crippen LogP contribution in [-0.4, -0.2) is 6.29 Å². The Bertz CT molecular complexity index is 1790. The van der Waals surface area contributed by atoms with Crippen LogP contribution in [-0.2, 0) is 11.3 Å². The third-order valence-corrected chi connectivity index (χ3v) is 6.89. The second kappa shape index (κ2) is 11.1. The lowest BCUT2D eigenvalue weighted by Gasteiger charge is -2.26. The molecule has 3 nitrogen and oxygen atoms in total. The van der Waals surface area contributed by atoms with E-state index in [4.69, 9.17) is 4.74 Å². The predicted octanol–water partition coefficient (Wildman–Crippen LogP) is 9.46. The number of hydrogen-bond acceptors (Lipinski definition) is 3. The van der Waals surface area contributed by atoms with Gasteiger partial charge in [0.1, 0.15) is 12.9 Å². The van der Waals surface area contributed by atoms with Gasteiger partial charge >= 0.3 is 0 Å². The van der Waals surface area contributed by atoms with E-state index in [-0.39, 0.29) is 0 Å². The Balaban J connectivity index is 1.28. The van der Waals surface area contributed by atoms with Crippen molar-refractivity contribution in [2.24, 2.45) is 0 Å². The largest absolute Gasteiger partial charge is 0.496 e. The van der Waals surface area contributed by atoms with Gasteiger partial charge in [0.05, 0.1) is 6.26 Å². The number of benzene rings is 6. The first kappa shape index (κ1) is 24.2. The maximum Gasteiger partial charge on any atom is 0.150 e. The molecule has 0 heterocycles. The van der Waals surface area contributed by atoms with Crippen molar-refractivity contribution in [2.75, 3.05) is 4.90 Å². The molecule has 0 amide bonds. The fourth-order valence-corrected chi connectivity index (χ4v) is 4.88. The Hall–Kier alpha value is -5.15. The molecule has 0 aromatic heterocycles. The lowest BCUT2D eigenvalue weighted by Crippen LogP contribution is -2.09. The molecule has 0 unspecified atom stereocenters. The second-order valence-corrected chi connectivity index (χ2v) is 9.42. The lowest BCUT2D eigenvalue weighted by molar-refractivity contribution is 0.112. The molecule has 188 valence electrons. The average Bonchev–Trinajstić information content (AvgIpc) is 3.00. The van der Waals surface area contributed by atoms with Gasteiger partial charge in [-0.2, -0.15) is 0 Å². The molecule has 0 saturated heterocycles. The standard InChI is InChI=1S/C36H27NO2/c38-25-32-10-6-7-11-33(32)26-39-21-20-27-14-15-31-24-36(19-17-30(31)22-27)37(34-12-2-1-3-13-34)35-18-16-28-8-4-5-9-29(28)23-35/h1-25H,26H2. The Morgan fingerprint density at radius 2 is 1.18 bits per heavy atom. The zero-order valence-corrected chi connectivity index (χ0v) is 21.4. The molecular formula is C36H27NO2. The molecule has 0 aliphatic heterocycles. The maximum atomic E-state index is 11.2. The van der Waals surface area contributed by atoms with E-state index >= 15 is 0 Å². The van der Waals surface area contributed by atoms with Crippen LogP contribution in [0.1, 0.15) is 21.5 Å². The normalized spacial score (nSPS) is 11.2. The lowest BCUT2D eigenvalue weighted by atomic mass is 10.0. The van der Waals surface area contributed by atoms with Crippen molar-refractivity contribution in [3.05, 3.63) is 156 Å². The highest BCUT2D eigenvalue weighted by atomic mass is 16.5. The molecule has 6 rings (SSSR count). The number of fused-ring (bicyclic) bond motifs is 2. The Morgan fingerprint density at radius 3 is 1.97 bits per heavy atom. The molecule has 0 fully saturated rings. The molecular weight excluding hydrogens is 478 g/mol. The molecule has 0 N–H and O–H groups in total. The Kier molecular flexibility index (Phi) is 6.87. The van der Waals surface area contributed by atoms with Gasteiger partial charge in [-0.25, -0.2) is 0 Å². The zero-order valence-electron chi connectivity index (χ0n) is 21.4. The highest BCUT2D eigenvalue weighted by Crippen LogP contribution is 2.37. The van der Waals surface area contributed by atoms with Gasteiger partial charge in [0.2, 0.25) is 0 Å². The fourth-order valence-electron chi connectivity index (χ4n) is 4.88. The van der Waals surface area contributed by atoms with Crippen molar-refractivity contribution in [2.45, 2.75) is 6.61 Å². The zero-order chi connectivity index (χ0) is 26.4. The Labute approximate surface area is 228 Å². The van der Waals surface area contributed by atoms with Gasteiger partial charge in [0.15, 0.2) is 0 Å². The minimum atomic E-state index is 0.354. The quantitative estimate of drug-likeness (QED) is 0.152. The molecule has 0 atom stereocenters. The van der Waals surface area contributed by atoms with Crippen molar-refractivity contribution < 1.29 is 9.53 Å². The van der Waals surface area contributed by atoms with Gasteiger partial charge in [0, 0.05) is 22.6 Å². The monoisotopic (exact) mass is 505 g/mol. The summed E-state index contributed by atoms with van der Waals surface area (Å²) in [5.74, 6) is 0. The molecule has 0 aliphatic carbocycles. The van der Waals surface area contributed by atoms with Gasteiger partial charge < -0.3 is 9.64 Å². The van der Waals surface area contributed by atoms with Crippen LogP contribution in [0.2, 0.25) is 0 Å². The number of anilines is 3. The summed E-state index contributed by atoms with van der Waals surface area (Å²) in [6, 6.07) is 45.9. The van der Waals surface area contributed by atoms with E-state index < -0.39 is 0 Å². The van der Waals surface area contributed by atoms with Crippen LogP contribution >= 0.6 is 0 Å². The number of aldehydes is 1. The van der Waals surface area contributed by atoms with E-state index in [1.165, 1.54) is 10.8 Å². The maximum absolute atomic E-state index is 11.2. The fraction of sp³-hybridized carbons (Fsp3) is 0.0278. The van der Waals surface area contributed by atoms with E-state index in [0.29, 0.717) is 12.2 Å². The number of hydrogen-bond donors (Lipinski definition) is 0. The van der Waals surface area contributed by atoms with Crippen molar-refractivity contribution in [3.8, 4) is 0 Å². The van der Waals surface area contributed by atoms with E-state index in [9.17, 15) is 4.79 Å². The first-order valence-electron chi connectivity index (χ1n) is 13.0. The summed E-state index contributed by atoms with van der Waals surface area (Å²) in [5, 5.41) is 4.75. The molecule has 0 saturated carbocycles. The van der Waals surface area contributed by atoms with Gasteiger partial charge in [0.25, 0.3) is 0 Å².